The van der Waals surface area contributed by atoms with E-state index >= 15 is 0 Å². The number of rotatable bonds is 3. The molecule has 1 saturated carbocycles. The molecule has 0 unspecified atom stereocenters. The molecule has 33 heavy (non-hydrogen) atoms. The number of pyridine rings is 1. The van der Waals surface area contributed by atoms with Crippen LogP contribution in [-0.4, -0.2) is 24.3 Å². The molecule has 3 heterocycles. The highest BCUT2D eigenvalue weighted by Crippen LogP contribution is 2.36. The van der Waals surface area contributed by atoms with Crippen molar-refractivity contribution in [3.8, 4) is 11.1 Å². The molecule has 1 aliphatic carbocycles. The summed E-state index contributed by atoms with van der Waals surface area (Å²) in [5, 5.41) is 6.28. The first-order valence-corrected chi connectivity index (χ1v) is 11.7. The average molecular weight is 467 g/mol. The summed E-state index contributed by atoms with van der Waals surface area (Å²) in [7, 11) is 1.90. The first-order chi connectivity index (χ1) is 15.9. The zero-order valence-electron chi connectivity index (χ0n) is 19.8. The van der Waals surface area contributed by atoms with E-state index in [1.54, 1.807) is 10.9 Å². The molecule has 4 aromatic rings. The van der Waals surface area contributed by atoms with Crippen LogP contribution in [0.25, 0.3) is 21.9 Å². The summed E-state index contributed by atoms with van der Waals surface area (Å²) in [6.07, 6.45) is 8.50. The number of nitrogens with zero attached hydrogens (tertiary/aromatic N) is 5. The monoisotopic (exact) mass is 466 g/mol. The van der Waals surface area contributed by atoms with Gasteiger partial charge in [0.15, 0.2) is 0 Å². The molecule has 8 heteroatoms. The molecule has 0 spiro atoms. The summed E-state index contributed by atoms with van der Waals surface area (Å²) in [6, 6.07) is 8.64. The Bertz CT molecular complexity index is 1310. The second kappa shape index (κ2) is 10.6. The molecule has 1 aromatic carbocycles. The summed E-state index contributed by atoms with van der Waals surface area (Å²) in [5.41, 5.74) is 9.50. The van der Waals surface area contributed by atoms with E-state index in [-0.39, 0.29) is 10.8 Å². The number of aryl methyl sites for hydroxylation is 3. The van der Waals surface area contributed by atoms with Crippen LogP contribution in [0.2, 0.25) is 5.28 Å². The largest absolute Gasteiger partial charge is 0.383 e. The van der Waals surface area contributed by atoms with Crippen molar-refractivity contribution in [3.63, 3.8) is 0 Å². The van der Waals surface area contributed by atoms with Crippen LogP contribution in [-0.2, 0) is 13.5 Å². The summed E-state index contributed by atoms with van der Waals surface area (Å²) in [5.74, 6) is 0.440. The minimum Gasteiger partial charge on any atom is -0.383 e. The van der Waals surface area contributed by atoms with Crippen molar-refractivity contribution in [2.24, 2.45) is 7.05 Å². The van der Waals surface area contributed by atoms with Crippen LogP contribution in [0, 0.1) is 6.92 Å². The van der Waals surface area contributed by atoms with Gasteiger partial charge in [-0.05, 0) is 54.8 Å². The van der Waals surface area contributed by atoms with E-state index in [4.69, 9.17) is 17.3 Å². The maximum absolute atomic E-state index is 13.1. The number of hydrogen-bond acceptors (Lipinski definition) is 5. The van der Waals surface area contributed by atoms with Gasteiger partial charge in [0.05, 0.1) is 11.6 Å². The molecule has 0 bridgehead atoms. The highest BCUT2D eigenvalue weighted by Gasteiger charge is 2.27. The smallest absolute Gasteiger partial charge is 0.259 e. The van der Waals surface area contributed by atoms with Gasteiger partial charge >= 0.3 is 0 Å². The molecule has 2 N–H and O–H groups in total. The molecule has 0 saturated heterocycles. The third kappa shape index (κ3) is 5.42. The second-order valence-electron chi connectivity index (χ2n) is 7.78. The fraction of sp³-hybridized carbons (Fsp3) is 0.360. The van der Waals surface area contributed by atoms with Crippen molar-refractivity contribution >= 4 is 28.2 Å². The molecule has 0 atom stereocenters. The van der Waals surface area contributed by atoms with Crippen molar-refractivity contribution in [1.82, 2.24) is 24.3 Å². The first-order valence-electron chi connectivity index (χ1n) is 11.3. The normalized spacial score (nSPS) is 12.5. The van der Waals surface area contributed by atoms with Crippen LogP contribution >= 0.6 is 11.6 Å². The summed E-state index contributed by atoms with van der Waals surface area (Å²) >= 11 is 5.41. The molecule has 174 valence electrons. The average Bonchev–Trinajstić information content (AvgIpc) is 3.56. The Morgan fingerprint density at radius 2 is 1.94 bits per heavy atom. The van der Waals surface area contributed by atoms with E-state index in [1.165, 1.54) is 0 Å². The summed E-state index contributed by atoms with van der Waals surface area (Å²) in [6.45, 7) is 7.94. The second-order valence-corrected chi connectivity index (χ2v) is 8.11. The van der Waals surface area contributed by atoms with Gasteiger partial charge in [0, 0.05) is 42.3 Å². The van der Waals surface area contributed by atoms with Crippen LogP contribution in [0.4, 0.5) is 5.82 Å². The van der Waals surface area contributed by atoms with Crippen LogP contribution in [0.3, 0.4) is 0 Å². The molecule has 0 amide bonds. The number of benzene rings is 1. The lowest BCUT2D eigenvalue weighted by atomic mass is 10.0. The molecular formula is C25H31ClN6O. The third-order valence-electron chi connectivity index (χ3n) is 5.43. The predicted molar refractivity (Wildman–Crippen MR) is 136 cm³/mol. The van der Waals surface area contributed by atoms with E-state index < -0.39 is 0 Å². The standard InChI is InChI=1S/C18H19N3O.C5H6ClN3.C2H6/c1-3-14-9-12-5-4-6-16(13-10-19-20(2)11-13)17(12)18(22)21(14)15-7-8-15;1-3-2-8-5(6)9-4(3)7;1-2/h4-6,9-11,15H,3,7-8H2,1-2H3;2H,1H3,(H2,7,8,9);1-2H3. The Morgan fingerprint density at radius 1 is 1.21 bits per heavy atom. The Hall–Kier alpha value is -3.19. The van der Waals surface area contributed by atoms with Crippen molar-refractivity contribution in [1.29, 1.82) is 0 Å². The zero-order chi connectivity index (χ0) is 24.1. The minimum atomic E-state index is 0.149. The molecule has 1 aliphatic rings. The maximum Gasteiger partial charge on any atom is 0.259 e. The van der Waals surface area contributed by atoms with Gasteiger partial charge in [-0.25, -0.2) is 9.97 Å². The van der Waals surface area contributed by atoms with Crippen LogP contribution < -0.4 is 11.3 Å². The number of aromatic nitrogens is 5. The van der Waals surface area contributed by atoms with Crippen molar-refractivity contribution in [2.75, 3.05) is 5.73 Å². The first kappa shape index (κ1) is 24.5. The minimum absolute atomic E-state index is 0.149. The molecular weight excluding hydrogens is 436 g/mol. The maximum atomic E-state index is 13.1. The number of halogens is 1. The van der Waals surface area contributed by atoms with Crippen LogP contribution in [0.15, 0.2) is 47.7 Å². The fourth-order valence-corrected chi connectivity index (χ4v) is 3.81. The molecule has 3 aromatic heterocycles. The lowest BCUT2D eigenvalue weighted by Crippen LogP contribution is -2.23. The van der Waals surface area contributed by atoms with Crippen molar-refractivity contribution in [3.05, 3.63) is 69.8 Å². The van der Waals surface area contributed by atoms with Crippen LogP contribution in [0.1, 0.15) is 50.9 Å². The zero-order valence-corrected chi connectivity index (χ0v) is 20.6. The predicted octanol–water partition coefficient (Wildman–Crippen LogP) is 5.35. The summed E-state index contributed by atoms with van der Waals surface area (Å²) < 4.78 is 3.79. The molecule has 1 fully saturated rings. The topological polar surface area (TPSA) is 91.6 Å². The SMILES string of the molecule is CC.CCc1cc2cccc(-c3cnn(C)c3)c2c(=O)n1C1CC1.Cc1cnc(Cl)nc1N. The van der Waals surface area contributed by atoms with E-state index in [1.807, 2.05) is 63.0 Å². The molecule has 7 nitrogen and oxygen atoms in total. The van der Waals surface area contributed by atoms with E-state index in [0.29, 0.717) is 11.9 Å². The van der Waals surface area contributed by atoms with Crippen LogP contribution in [0.5, 0.6) is 0 Å². The third-order valence-corrected chi connectivity index (χ3v) is 5.61. The van der Waals surface area contributed by atoms with Gasteiger partial charge in [0.2, 0.25) is 5.28 Å². The molecule has 0 aliphatic heterocycles. The number of nitrogens with two attached hydrogens (primary N) is 1. The van der Waals surface area contributed by atoms with Crippen molar-refractivity contribution in [2.45, 2.75) is 53.0 Å². The lowest BCUT2D eigenvalue weighted by molar-refractivity contribution is 0.670. The fourth-order valence-electron chi connectivity index (χ4n) is 3.67. The number of fused-ring (bicyclic) bond motifs is 1. The Labute approximate surface area is 199 Å². The van der Waals surface area contributed by atoms with Gasteiger partial charge in [-0.3, -0.25) is 9.48 Å². The number of hydrogen-bond donors (Lipinski definition) is 1. The number of nitrogen functional groups attached to an aromatic ring is 1. The highest BCUT2D eigenvalue weighted by atomic mass is 35.5. The van der Waals surface area contributed by atoms with E-state index in [0.717, 1.165) is 52.4 Å². The van der Waals surface area contributed by atoms with Gasteiger partial charge in [-0.2, -0.15) is 5.10 Å². The molecule has 0 radical (unpaired) electrons. The van der Waals surface area contributed by atoms with E-state index in [9.17, 15) is 4.79 Å². The van der Waals surface area contributed by atoms with Gasteiger partial charge in [0.1, 0.15) is 5.82 Å². The van der Waals surface area contributed by atoms with Gasteiger partial charge in [0.25, 0.3) is 5.56 Å². The van der Waals surface area contributed by atoms with Crippen molar-refractivity contribution < 1.29 is 0 Å². The Balaban J connectivity index is 0.000000234. The van der Waals surface area contributed by atoms with E-state index in [2.05, 4.69) is 28.1 Å². The van der Waals surface area contributed by atoms with Gasteiger partial charge in [-0.1, -0.05) is 39.0 Å². The Morgan fingerprint density at radius 3 is 2.48 bits per heavy atom. The van der Waals surface area contributed by atoms with Gasteiger partial charge in [-0.15, -0.1) is 0 Å². The molecule has 5 rings (SSSR count). The van der Waals surface area contributed by atoms with Gasteiger partial charge < -0.3 is 10.3 Å². The lowest BCUT2D eigenvalue weighted by Gasteiger charge is -2.14. The highest BCUT2D eigenvalue weighted by molar-refractivity contribution is 6.28. The quantitative estimate of drug-likeness (QED) is 0.411. The summed E-state index contributed by atoms with van der Waals surface area (Å²) in [4.78, 5) is 20.5. The number of anilines is 1. The Kier molecular flexibility index (Phi) is 7.87.